The highest BCUT2D eigenvalue weighted by Crippen LogP contribution is 1.97. The molecule has 0 aromatic carbocycles. The van der Waals surface area contributed by atoms with Crippen molar-refractivity contribution in [1.82, 2.24) is 5.32 Å². The van der Waals surface area contributed by atoms with Crippen LogP contribution in [-0.4, -0.2) is 43.6 Å². The third kappa shape index (κ3) is 10.8. The van der Waals surface area contributed by atoms with Crippen LogP contribution >= 0.6 is 12.6 Å². The number of ketones is 1. The Hall–Kier alpha value is -0.100. The lowest BCUT2D eigenvalue weighted by Crippen LogP contribution is -2.25. The van der Waals surface area contributed by atoms with E-state index in [1.165, 1.54) is 0 Å². The summed E-state index contributed by atoms with van der Waals surface area (Å²) in [6.45, 7) is 8.33. The zero-order valence-electron chi connectivity index (χ0n) is 11.1. The van der Waals surface area contributed by atoms with Gasteiger partial charge in [-0.1, -0.05) is 6.92 Å². The molecule has 0 aliphatic rings. The topological polar surface area (TPSA) is 47.6 Å². The van der Waals surface area contributed by atoms with Gasteiger partial charge in [-0.25, -0.2) is 0 Å². The second-order valence-electron chi connectivity index (χ2n) is 3.93. The fourth-order valence-corrected chi connectivity index (χ4v) is 1.37. The number of carbonyl (C=O) groups is 1. The highest BCUT2D eigenvalue weighted by molar-refractivity contribution is 7.80. The van der Waals surface area contributed by atoms with Crippen LogP contribution in [0.4, 0.5) is 0 Å². The number of carbonyl (C=O) groups excluding carboxylic acids is 1. The van der Waals surface area contributed by atoms with Gasteiger partial charge in [0, 0.05) is 31.6 Å². The smallest absolute Gasteiger partial charge is 0.160 e. The van der Waals surface area contributed by atoms with E-state index in [1.54, 1.807) is 6.92 Å². The maximum atomic E-state index is 11.2. The first-order valence-electron chi connectivity index (χ1n) is 6.21. The van der Waals surface area contributed by atoms with Crippen LogP contribution in [0.2, 0.25) is 0 Å². The summed E-state index contributed by atoms with van der Waals surface area (Å²) in [6.07, 6.45) is 1.06. The molecule has 0 aliphatic carbocycles. The van der Waals surface area contributed by atoms with Crippen molar-refractivity contribution in [3.63, 3.8) is 0 Å². The van der Waals surface area contributed by atoms with Crippen LogP contribution in [0.1, 0.15) is 33.6 Å². The lowest BCUT2D eigenvalue weighted by atomic mass is 10.2. The van der Waals surface area contributed by atoms with Crippen molar-refractivity contribution in [3.8, 4) is 0 Å². The minimum Gasteiger partial charge on any atom is -0.380 e. The molecule has 0 radical (unpaired) electrons. The van der Waals surface area contributed by atoms with Crippen LogP contribution in [0.25, 0.3) is 0 Å². The predicted octanol–water partition coefficient (Wildman–Crippen LogP) is 1.64. The van der Waals surface area contributed by atoms with Crippen LogP contribution in [0.15, 0.2) is 0 Å². The van der Waals surface area contributed by atoms with E-state index in [0.29, 0.717) is 26.2 Å². The minimum absolute atomic E-state index is 0.151. The van der Waals surface area contributed by atoms with E-state index in [4.69, 9.17) is 9.47 Å². The number of thiol groups is 1. The molecule has 0 aromatic rings. The first kappa shape index (κ1) is 16.9. The Balaban J connectivity index is 3.21. The molecule has 17 heavy (non-hydrogen) atoms. The highest BCUT2D eigenvalue weighted by Gasteiger charge is 2.09. The van der Waals surface area contributed by atoms with E-state index in [2.05, 4.69) is 17.9 Å². The van der Waals surface area contributed by atoms with E-state index in [0.717, 1.165) is 13.0 Å². The quantitative estimate of drug-likeness (QED) is 0.338. The Kier molecular flexibility index (Phi) is 11.0. The third-order valence-corrected chi connectivity index (χ3v) is 2.47. The molecule has 0 rings (SSSR count). The van der Waals surface area contributed by atoms with Gasteiger partial charge in [0.05, 0.1) is 6.61 Å². The van der Waals surface area contributed by atoms with Crippen molar-refractivity contribution >= 4 is 18.4 Å². The summed E-state index contributed by atoms with van der Waals surface area (Å²) in [5.74, 6) is 0.151. The molecule has 5 heteroatoms. The van der Waals surface area contributed by atoms with Gasteiger partial charge < -0.3 is 14.8 Å². The van der Waals surface area contributed by atoms with Crippen LogP contribution in [0.5, 0.6) is 0 Å². The molecular weight excluding hydrogens is 238 g/mol. The van der Waals surface area contributed by atoms with Crippen LogP contribution < -0.4 is 5.32 Å². The average Bonchev–Trinajstić information content (AvgIpc) is 2.30. The Labute approximate surface area is 110 Å². The van der Waals surface area contributed by atoms with Crippen molar-refractivity contribution in [2.45, 2.75) is 45.1 Å². The summed E-state index contributed by atoms with van der Waals surface area (Å²) in [7, 11) is 0. The van der Waals surface area contributed by atoms with E-state index in [1.807, 2.05) is 13.8 Å². The zero-order chi connectivity index (χ0) is 13.1. The van der Waals surface area contributed by atoms with Gasteiger partial charge in [0.25, 0.3) is 0 Å². The number of rotatable bonds is 11. The Bertz CT molecular complexity index is 200. The first-order valence-corrected chi connectivity index (χ1v) is 6.73. The maximum Gasteiger partial charge on any atom is 0.160 e. The first-order chi connectivity index (χ1) is 8.07. The monoisotopic (exact) mass is 263 g/mol. The molecule has 4 nitrogen and oxygen atoms in total. The lowest BCUT2D eigenvalue weighted by molar-refractivity contribution is -0.129. The van der Waals surface area contributed by atoms with Gasteiger partial charge in [0.1, 0.15) is 6.10 Å². The minimum atomic E-state index is -0.285. The normalized spacial score (nSPS) is 14.6. The standard InChI is InChI=1S/C12H25NO3S/c1-4-12(14)10(2)16-8-5-7-15-9-6-13-11(3)17/h10-11,13,17H,4-9H2,1-3H3/t10-,11?/m0/s1. The summed E-state index contributed by atoms with van der Waals surface area (Å²) >= 11 is 4.19. The number of hydrogen-bond acceptors (Lipinski definition) is 5. The molecule has 0 spiro atoms. The summed E-state index contributed by atoms with van der Waals surface area (Å²) < 4.78 is 10.8. The van der Waals surface area contributed by atoms with Crippen LogP contribution in [0.3, 0.4) is 0 Å². The molecule has 2 atom stereocenters. The molecule has 0 aliphatic heterocycles. The summed E-state index contributed by atoms with van der Waals surface area (Å²) in [6, 6.07) is 0. The van der Waals surface area contributed by atoms with Crippen molar-refractivity contribution in [2.24, 2.45) is 0 Å². The number of nitrogens with one attached hydrogen (secondary N) is 1. The summed E-state index contributed by atoms with van der Waals surface area (Å²) in [5.41, 5.74) is 0. The SMILES string of the molecule is CCC(=O)[C@H](C)OCCCOCCNC(C)S. The van der Waals surface area contributed by atoms with Gasteiger partial charge in [-0.3, -0.25) is 4.79 Å². The van der Waals surface area contributed by atoms with E-state index < -0.39 is 0 Å². The molecule has 0 amide bonds. The predicted molar refractivity (Wildman–Crippen MR) is 72.6 cm³/mol. The van der Waals surface area contributed by atoms with Crippen molar-refractivity contribution in [2.75, 3.05) is 26.4 Å². The highest BCUT2D eigenvalue weighted by atomic mass is 32.1. The van der Waals surface area contributed by atoms with Crippen molar-refractivity contribution in [3.05, 3.63) is 0 Å². The van der Waals surface area contributed by atoms with E-state index in [9.17, 15) is 4.79 Å². The molecular formula is C12H25NO3S. The molecule has 0 fully saturated rings. The molecule has 0 saturated heterocycles. The van der Waals surface area contributed by atoms with Gasteiger partial charge in [-0.2, -0.15) is 12.6 Å². The van der Waals surface area contributed by atoms with Crippen LogP contribution in [-0.2, 0) is 14.3 Å². The summed E-state index contributed by atoms with van der Waals surface area (Å²) in [5, 5.41) is 3.34. The molecule has 1 unspecified atom stereocenters. The maximum absolute atomic E-state index is 11.2. The number of hydrogen-bond donors (Lipinski definition) is 2. The van der Waals surface area contributed by atoms with Gasteiger partial charge in [0.2, 0.25) is 0 Å². The number of Topliss-reactive ketones (excluding diaryl/α,β-unsaturated/α-hetero) is 1. The number of ether oxygens (including phenoxy) is 2. The largest absolute Gasteiger partial charge is 0.380 e. The van der Waals surface area contributed by atoms with Crippen molar-refractivity contribution < 1.29 is 14.3 Å². The Morgan fingerprint density at radius 1 is 1.29 bits per heavy atom. The fourth-order valence-electron chi connectivity index (χ4n) is 1.24. The van der Waals surface area contributed by atoms with Crippen LogP contribution in [0, 0.1) is 0 Å². The third-order valence-electron chi connectivity index (χ3n) is 2.29. The fraction of sp³-hybridized carbons (Fsp3) is 0.917. The Morgan fingerprint density at radius 3 is 2.59 bits per heavy atom. The van der Waals surface area contributed by atoms with E-state index in [-0.39, 0.29) is 17.3 Å². The van der Waals surface area contributed by atoms with E-state index >= 15 is 0 Å². The van der Waals surface area contributed by atoms with Gasteiger partial charge in [-0.15, -0.1) is 0 Å². The second-order valence-corrected chi connectivity index (χ2v) is 4.70. The second kappa shape index (κ2) is 11.0. The molecule has 0 saturated carbocycles. The lowest BCUT2D eigenvalue weighted by Gasteiger charge is -2.11. The molecule has 1 N–H and O–H groups in total. The van der Waals surface area contributed by atoms with Gasteiger partial charge in [-0.05, 0) is 20.3 Å². The van der Waals surface area contributed by atoms with Crippen molar-refractivity contribution in [1.29, 1.82) is 0 Å². The zero-order valence-corrected chi connectivity index (χ0v) is 12.0. The molecule has 0 heterocycles. The Morgan fingerprint density at radius 2 is 2.00 bits per heavy atom. The molecule has 0 aromatic heterocycles. The molecule has 102 valence electrons. The van der Waals surface area contributed by atoms with Gasteiger partial charge >= 0.3 is 0 Å². The van der Waals surface area contributed by atoms with Gasteiger partial charge in [0.15, 0.2) is 5.78 Å². The summed E-state index contributed by atoms with van der Waals surface area (Å²) in [4.78, 5) is 11.2. The average molecular weight is 263 g/mol. The molecule has 0 bridgehead atoms.